The van der Waals surface area contributed by atoms with Crippen LogP contribution in [0.25, 0.3) is 0 Å². The van der Waals surface area contributed by atoms with Gasteiger partial charge in [-0.3, -0.25) is 0 Å². The zero-order valence-corrected chi connectivity index (χ0v) is 9.22. The highest BCUT2D eigenvalue weighted by molar-refractivity contribution is 6.28. The lowest BCUT2D eigenvalue weighted by atomic mass is 10.5. The second-order valence-electron chi connectivity index (χ2n) is 2.94. The third-order valence-electron chi connectivity index (χ3n) is 1.46. The quantitative estimate of drug-likeness (QED) is 0.556. The molecule has 0 aromatic rings. The molecule has 0 fully saturated rings. The summed E-state index contributed by atoms with van der Waals surface area (Å²) in [7, 11) is 5.24. The Kier molecular flexibility index (Phi) is 6.91. The smallest absolute Gasteiger partial charge is 0.250 e. The lowest BCUT2D eigenvalue weighted by Crippen LogP contribution is -2.37. The van der Waals surface area contributed by atoms with E-state index in [9.17, 15) is 0 Å². The van der Waals surface area contributed by atoms with E-state index < -0.39 is 0 Å². The molecule has 0 spiro atoms. The van der Waals surface area contributed by atoms with E-state index in [0.717, 1.165) is 9.84 Å². The summed E-state index contributed by atoms with van der Waals surface area (Å²) < 4.78 is 4.77. The molecule has 0 unspecified atom stereocenters. The van der Waals surface area contributed by atoms with E-state index in [1.165, 1.54) is 25.9 Å². The molecule has 66 valence electrons. The van der Waals surface area contributed by atoms with Gasteiger partial charge in [-0.2, -0.15) is 0 Å². The number of hydrogen-bond acceptors (Lipinski definition) is 2. The Labute approximate surface area is 73.5 Å². The first-order chi connectivity index (χ1) is 5.20. The number of rotatable bonds is 6. The van der Waals surface area contributed by atoms with Crippen molar-refractivity contribution in [1.29, 1.82) is 0 Å². The van der Waals surface area contributed by atoms with Crippen molar-refractivity contribution in [2.45, 2.75) is 26.7 Å². The predicted molar refractivity (Wildman–Crippen MR) is 51.6 cm³/mol. The van der Waals surface area contributed by atoms with Crippen LogP contribution in [0.1, 0.15) is 26.7 Å². The molecule has 0 amide bonds. The minimum Gasteiger partial charge on any atom is -0.315 e. The lowest BCUT2D eigenvalue weighted by Gasteiger charge is -2.21. The molecular formula is C8H20N2Si. The van der Waals surface area contributed by atoms with Crippen LogP contribution in [0.4, 0.5) is 0 Å². The Hall–Kier alpha value is 0.137. The summed E-state index contributed by atoms with van der Waals surface area (Å²) in [5.41, 5.74) is 0. The minimum absolute atomic E-state index is 0.860. The van der Waals surface area contributed by atoms with Crippen molar-refractivity contribution < 1.29 is 0 Å². The fourth-order valence-corrected chi connectivity index (χ4v) is 2.29. The second-order valence-corrected chi connectivity index (χ2v) is 4.67. The van der Waals surface area contributed by atoms with E-state index in [1.807, 2.05) is 0 Å². The van der Waals surface area contributed by atoms with Crippen LogP contribution < -0.4 is 0 Å². The fourth-order valence-electron chi connectivity index (χ4n) is 1.06. The van der Waals surface area contributed by atoms with Gasteiger partial charge in [0.1, 0.15) is 0 Å². The Morgan fingerprint density at radius 3 is 1.55 bits per heavy atom. The molecule has 0 aromatic heterocycles. The molecule has 0 saturated carbocycles. The SMILES string of the molecule is CCCN(C)[Si]N(C)CCC. The molecule has 2 radical (unpaired) electrons. The Morgan fingerprint density at radius 1 is 0.909 bits per heavy atom. The largest absolute Gasteiger partial charge is 0.315 e. The van der Waals surface area contributed by atoms with Crippen LogP contribution in [0.3, 0.4) is 0 Å². The Morgan fingerprint density at radius 2 is 1.27 bits per heavy atom. The second kappa shape index (κ2) is 6.82. The van der Waals surface area contributed by atoms with Gasteiger partial charge in [-0.05, 0) is 40.0 Å². The van der Waals surface area contributed by atoms with Gasteiger partial charge >= 0.3 is 0 Å². The minimum atomic E-state index is 0.860. The van der Waals surface area contributed by atoms with Crippen molar-refractivity contribution in [2.24, 2.45) is 0 Å². The van der Waals surface area contributed by atoms with Crippen molar-refractivity contribution in [1.82, 2.24) is 9.13 Å². The highest BCUT2D eigenvalue weighted by Gasteiger charge is 2.03. The normalized spacial score (nSPS) is 11.5. The molecule has 3 heteroatoms. The van der Waals surface area contributed by atoms with E-state index in [2.05, 4.69) is 37.1 Å². The molecule has 0 rings (SSSR count). The van der Waals surface area contributed by atoms with Crippen molar-refractivity contribution in [2.75, 3.05) is 27.2 Å². The maximum absolute atomic E-state index is 2.38. The molecule has 11 heavy (non-hydrogen) atoms. The molecule has 0 aliphatic rings. The van der Waals surface area contributed by atoms with Crippen molar-refractivity contribution in [3.8, 4) is 0 Å². The van der Waals surface area contributed by atoms with E-state index >= 15 is 0 Å². The molecule has 0 saturated heterocycles. The molecule has 0 aliphatic heterocycles. The summed E-state index contributed by atoms with van der Waals surface area (Å²) in [6.07, 6.45) is 2.51. The average molecular weight is 172 g/mol. The van der Waals surface area contributed by atoms with E-state index in [-0.39, 0.29) is 0 Å². The first-order valence-electron chi connectivity index (χ1n) is 4.39. The topological polar surface area (TPSA) is 6.48 Å². The first-order valence-corrected chi connectivity index (χ1v) is 5.28. The Bertz CT molecular complexity index is 78.2. The van der Waals surface area contributed by atoms with Crippen LogP contribution in [-0.4, -0.2) is 46.2 Å². The first kappa shape index (κ1) is 11.1. The summed E-state index contributed by atoms with van der Waals surface area (Å²) >= 11 is 0. The predicted octanol–water partition coefficient (Wildman–Crippen LogP) is 1.20. The molecule has 0 heterocycles. The summed E-state index contributed by atoms with van der Waals surface area (Å²) in [5.74, 6) is 0. The molecule has 0 aliphatic carbocycles. The molecule has 2 nitrogen and oxygen atoms in total. The summed E-state index contributed by atoms with van der Waals surface area (Å²) in [6.45, 7) is 6.88. The highest BCUT2D eigenvalue weighted by Crippen LogP contribution is 1.88. The molecule has 0 atom stereocenters. The van der Waals surface area contributed by atoms with Gasteiger partial charge < -0.3 is 9.13 Å². The maximum Gasteiger partial charge on any atom is 0.250 e. The van der Waals surface area contributed by atoms with Crippen LogP contribution in [0.5, 0.6) is 0 Å². The van der Waals surface area contributed by atoms with Gasteiger partial charge in [0.25, 0.3) is 9.84 Å². The van der Waals surface area contributed by atoms with Gasteiger partial charge in [0.15, 0.2) is 0 Å². The summed E-state index contributed by atoms with van der Waals surface area (Å²) in [4.78, 5) is 0. The van der Waals surface area contributed by atoms with Crippen molar-refractivity contribution >= 4 is 9.84 Å². The van der Waals surface area contributed by atoms with Crippen molar-refractivity contribution in [3.63, 3.8) is 0 Å². The zero-order valence-electron chi connectivity index (χ0n) is 8.22. The van der Waals surface area contributed by atoms with E-state index in [4.69, 9.17) is 0 Å². The van der Waals surface area contributed by atoms with Crippen LogP contribution >= 0.6 is 0 Å². The molecule has 0 N–H and O–H groups in total. The molecule has 0 bridgehead atoms. The van der Waals surface area contributed by atoms with E-state index in [0.29, 0.717) is 0 Å². The average Bonchev–Trinajstić information content (AvgIpc) is 1.87. The maximum atomic E-state index is 2.38. The van der Waals surface area contributed by atoms with Gasteiger partial charge in [0.2, 0.25) is 0 Å². The zero-order chi connectivity index (χ0) is 8.69. The Balaban J connectivity index is 3.32. The third-order valence-corrected chi connectivity index (χ3v) is 2.59. The van der Waals surface area contributed by atoms with Crippen LogP contribution in [0.2, 0.25) is 0 Å². The molecule has 0 aromatic carbocycles. The van der Waals surface area contributed by atoms with Crippen LogP contribution in [0.15, 0.2) is 0 Å². The number of hydrogen-bond donors (Lipinski definition) is 0. The highest BCUT2D eigenvalue weighted by atomic mass is 28.2. The summed E-state index contributed by atoms with van der Waals surface area (Å²) in [5, 5.41) is 0. The van der Waals surface area contributed by atoms with Gasteiger partial charge in [-0.1, -0.05) is 13.8 Å². The van der Waals surface area contributed by atoms with Gasteiger partial charge in [-0.25, -0.2) is 0 Å². The third kappa shape index (κ3) is 6.53. The summed E-state index contributed by atoms with van der Waals surface area (Å²) in [6, 6.07) is 0. The van der Waals surface area contributed by atoms with Crippen LogP contribution in [-0.2, 0) is 0 Å². The molecular weight excluding hydrogens is 152 g/mol. The number of nitrogens with zero attached hydrogens (tertiary/aromatic N) is 2. The van der Waals surface area contributed by atoms with Gasteiger partial charge in [0, 0.05) is 0 Å². The van der Waals surface area contributed by atoms with Gasteiger partial charge in [0.05, 0.1) is 0 Å². The lowest BCUT2D eigenvalue weighted by molar-refractivity contribution is 0.438. The van der Waals surface area contributed by atoms with E-state index in [1.54, 1.807) is 0 Å². The standard InChI is InChI=1S/C8H20N2Si/c1-5-7-9(3)11-10(4)8-6-2/h5-8H2,1-4H3. The monoisotopic (exact) mass is 172 g/mol. The van der Waals surface area contributed by atoms with Crippen molar-refractivity contribution in [3.05, 3.63) is 0 Å². The van der Waals surface area contributed by atoms with Gasteiger partial charge in [-0.15, -0.1) is 0 Å². The van der Waals surface area contributed by atoms with Crippen LogP contribution in [0, 0.1) is 0 Å². The fraction of sp³-hybridized carbons (Fsp3) is 1.00.